The van der Waals surface area contributed by atoms with Crippen molar-refractivity contribution in [1.29, 1.82) is 0 Å². The first-order valence-electron chi connectivity index (χ1n) is 6.80. The van der Waals surface area contributed by atoms with Crippen LogP contribution in [0.15, 0.2) is 24.4 Å². The summed E-state index contributed by atoms with van der Waals surface area (Å²) in [5.41, 5.74) is 1.95. The van der Waals surface area contributed by atoms with Gasteiger partial charge >= 0.3 is 0 Å². The van der Waals surface area contributed by atoms with E-state index >= 15 is 0 Å². The molecule has 2 rings (SSSR count). The maximum absolute atomic E-state index is 12.9. The van der Waals surface area contributed by atoms with E-state index in [1.807, 2.05) is 32.9 Å². The Morgan fingerprint density at radius 2 is 1.86 bits per heavy atom. The highest BCUT2D eigenvalue weighted by molar-refractivity contribution is 6.11. The number of benzene rings is 1. The van der Waals surface area contributed by atoms with Crippen LogP contribution in [0.3, 0.4) is 0 Å². The van der Waals surface area contributed by atoms with Crippen LogP contribution < -0.4 is 9.47 Å². The van der Waals surface area contributed by atoms with Crippen molar-refractivity contribution >= 4 is 5.78 Å². The third-order valence-electron chi connectivity index (χ3n) is 3.29. The highest BCUT2D eigenvalue weighted by Gasteiger charge is 2.24. The molecule has 0 fully saturated rings. The third-order valence-corrected chi connectivity index (χ3v) is 3.29. The second-order valence-corrected chi connectivity index (χ2v) is 5.13. The molecule has 0 spiro atoms. The van der Waals surface area contributed by atoms with Crippen LogP contribution in [0.25, 0.3) is 0 Å². The SMILES string of the molecule is COc1ccc(C)cc1C(=O)c1c(OC)cnn1C(C)C. The van der Waals surface area contributed by atoms with E-state index in [1.165, 1.54) is 7.11 Å². The summed E-state index contributed by atoms with van der Waals surface area (Å²) >= 11 is 0. The van der Waals surface area contributed by atoms with Gasteiger partial charge in [-0.25, -0.2) is 0 Å². The molecule has 0 unspecified atom stereocenters. The van der Waals surface area contributed by atoms with Gasteiger partial charge in [0.25, 0.3) is 0 Å². The lowest BCUT2D eigenvalue weighted by Gasteiger charge is -2.13. The summed E-state index contributed by atoms with van der Waals surface area (Å²) in [5.74, 6) is 0.861. The van der Waals surface area contributed by atoms with Crippen molar-refractivity contribution < 1.29 is 14.3 Å². The zero-order chi connectivity index (χ0) is 15.6. The first kappa shape index (κ1) is 15.1. The predicted molar refractivity (Wildman–Crippen MR) is 80.3 cm³/mol. The van der Waals surface area contributed by atoms with Crippen molar-refractivity contribution in [3.8, 4) is 11.5 Å². The molecule has 112 valence electrons. The van der Waals surface area contributed by atoms with E-state index in [1.54, 1.807) is 24.1 Å². The molecule has 0 radical (unpaired) electrons. The Labute approximate surface area is 124 Å². The van der Waals surface area contributed by atoms with Gasteiger partial charge in [-0.1, -0.05) is 11.6 Å². The molecule has 5 nitrogen and oxygen atoms in total. The number of ketones is 1. The predicted octanol–water partition coefficient (Wildman–Crippen LogP) is 3.02. The second-order valence-electron chi connectivity index (χ2n) is 5.13. The third kappa shape index (κ3) is 2.77. The minimum atomic E-state index is -0.154. The summed E-state index contributed by atoms with van der Waals surface area (Å²) in [5, 5.41) is 4.24. The van der Waals surface area contributed by atoms with Gasteiger partial charge in [-0.15, -0.1) is 0 Å². The number of carbonyl (C=O) groups is 1. The van der Waals surface area contributed by atoms with Crippen molar-refractivity contribution in [2.24, 2.45) is 0 Å². The van der Waals surface area contributed by atoms with Crippen LogP contribution in [0.4, 0.5) is 0 Å². The Hall–Kier alpha value is -2.30. The first-order valence-corrected chi connectivity index (χ1v) is 6.80. The highest BCUT2D eigenvalue weighted by atomic mass is 16.5. The van der Waals surface area contributed by atoms with Crippen molar-refractivity contribution in [2.75, 3.05) is 14.2 Å². The molecular formula is C16H20N2O3. The maximum atomic E-state index is 12.9. The number of ether oxygens (including phenoxy) is 2. The lowest BCUT2D eigenvalue weighted by atomic mass is 10.0. The number of hydrogen-bond donors (Lipinski definition) is 0. The maximum Gasteiger partial charge on any atom is 0.218 e. The molecule has 0 saturated carbocycles. The van der Waals surface area contributed by atoms with E-state index < -0.39 is 0 Å². The molecule has 0 aliphatic rings. The highest BCUT2D eigenvalue weighted by Crippen LogP contribution is 2.28. The monoisotopic (exact) mass is 288 g/mol. The van der Waals surface area contributed by atoms with Gasteiger partial charge in [-0.3, -0.25) is 9.48 Å². The summed E-state index contributed by atoms with van der Waals surface area (Å²) in [6, 6.07) is 5.58. The van der Waals surface area contributed by atoms with Crippen molar-refractivity contribution in [3.05, 3.63) is 41.2 Å². The Morgan fingerprint density at radius 1 is 1.19 bits per heavy atom. The molecule has 0 aliphatic carbocycles. The molecule has 0 saturated heterocycles. The smallest absolute Gasteiger partial charge is 0.218 e. The molecule has 0 aliphatic heterocycles. The topological polar surface area (TPSA) is 53.4 Å². The number of hydrogen-bond acceptors (Lipinski definition) is 4. The average Bonchev–Trinajstić information content (AvgIpc) is 2.90. The molecular weight excluding hydrogens is 268 g/mol. The summed E-state index contributed by atoms with van der Waals surface area (Å²) in [7, 11) is 3.09. The molecule has 2 aromatic rings. The van der Waals surface area contributed by atoms with Gasteiger partial charge in [0.2, 0.25) is 5.78 Å². The minimum Gasteiger partial charge on any atom is -0.496 e. The van der Waals surface area contributed by atoms with Gasteiger partial charge in [0.1, 0.15) is 5.75 Å². The number of aromatic nitrogens is 2. The van der Waals surface area contributed by atoms with Crippen LogP contribution in [-0.4, -0.2) is 29.8 Å². The standard InChI is InChI=1S/C16H20N2O3/c1-10(2)18-15(14(21-5)9-17-18)16(19)12-8-11(3)6-7-13(12)20-4/h6-10H,1-5H3. The lowest BCUT2D eigenvalue weighted by molar-refractivity contribution is 0.102. The molecule has 1 heterocycles. The molecule has 0 bridgehead atoms. The molecule has 0 amide bonds. The zero-order valence-corrected chi connectivity index (χ0v) is 13.0. The van der Waals surface area contributed by atoms with E-state index in [9.17, 15) is 4.79 Å². The van der Waals surface area contributed by atoms with Crippen molar-refractivity contribution in [3.63, 3.8) is 0 Å². The van der Waals surface area contributed by atoms with Crippen LogP contribution in [0.2, 0.25) is 0 Å². The Morgan fingerprint density at radius 3 is 2.43 bits per heavy atom. The number of nitrogens with zero attached hydrogens (tertiary/aromatic N) is 2. The van der Waals surface area contributed by atoms with Gasteiger partial charge in [0, 0.05) is 6.04 Å². The fraction of sp³-hybridized carbons (Fsp3) is 0.375. The first-order chi connectivity index (χ1) is 9.99. The van der Waals surface area contributed by atoms with Crippen molar-refractivity contribution in [1.82, 2.24) is 9.78 Å². The van der Waals surface area contributed by atoms with Gasteiger partial charge in [0.05, 0.1) is 26.0 Å². The fourth-order valence-corrected chi connectivity index (χ4v) is 2.23. The van der Waals surface area contributed by atoms with Crippen LogP contribution in [0, 0.1) is 6.92 Å². The number of carbonyl (C=O) groups excluding carboxylic acids is 1. The van der Waals surface area contributed by atoms with Gasteiger partial charge in [-0.05, 0) is 32.9 Å². The zero-order valence-electron chi connectivity index (χ0n) is 13.0. The molecule has 21 heavy (non-hydrogen) atoms. The van der Waals surface area contributed by atoms with Gasteiger partial charge < -0.3 is 9.47 Å². The van der Waals surface area contributed by atoms with Crippen LogP contribution >= 0.6 is 0 Å². The quantitative estimate of drug-likeness (QED) is 0.794. The molecule has 5 heteroatoms. The fourth-order valence-electron chi connectivity index (χ4n) is 2.23. The van der Waals surface area contributed by atoms with Gasteiger partial charge in [-0.2, -0.15) is 5.10 Å². The molecule has 1 aromatic heterocycles. The summed E-state index contributed by atoms with van der Waals surface area (Å²) in [6.07, 6.45) is 1.56. The van der Waals surface area contributed by atoms with Crippen LogP contribution in [0.5, 0.6) is 11.5 Å². The summed E-state index contributed by atoms with van der Waals surface area (Å²) in [6.45, 7) is 5.88. The van der Waals surface area contributed by atoms with Crippen LogP contribution in [-0.2, 0) is 0 Å². The van der Waals surface area contributed by atoms with E-state index in [0.29, 0.717) is 22.8 Å². The molecule has 0 N–H and O–H groups in total. The number of aryl methyl sites for hydroxylation is 1. The largest absolute Gasteiger partial charge is 0.496 e. The molecule has 1 aromatic carbocycles. The lowest BCUT2D eigenvalue weighted by Crippen LogP contribution is -2.15. The Balaban J connectivity index is 2.59. The van der Waals surface area contributed by atoms with E-state index in [-0.39, 0.29) is 11.8 Å². The van der Waals surface area contributed by atoms with Crippen molar-refractivity contribution in [2.45, 2.75) is 26.8 Å². The minimum absolute atomic E-state index is 0.0589. The molecule has 0 atom stereocenters. The Kier molecular flexibility index (Phi) is 4.31. The van der Waals surface area contributed by atoms with E-state index in [0.717, 1.165) is 5.56 Å². The van der Waals surface area contributed by atoms with Gasteiger partial charge in [0.15, 0.2) is 11.4 Å². The normalized spacial score (nSPS) is 10.8. The second kappa shape index (κ2) is 5.99. The summed E-state index contributed by atoms with van der Waals surface area (Å²) < 4.78 is 12.2. The number of rotatable bonds is 5. The average molecular weight is 288 g/mol. The van der Waals surface area contributed by atoms with Crippen LogP contribution in [0.1, 0.15) is 41.5 Å². The van der Waals surface area contributed by atoms with E-state index in [4.69, 9.17) is 9.47 Å². The Bertz CT molecular complexity index is 660. The summed E-state index contributed by atoms with van der Waals surface area (Å²) in [4.78, 5) is 12.9. The van der Waals surface area contributed by atoms with E-state index in [2.05, 4.69) is 5.10 Å². The number of methoxy groups -OCH3 is 2.